The number of aliphatic hydroxyl groups is 1. The molecule has 4 N–H and O–H groups in total. The minimum absolute atomic E-state index is 0.0713. The standard InChI is InChI=1S/C26H38N8O3/c1-4-5-21(8-13-35)29-25-24-22(30-26(27)31-25)15-28-34(24)17-20-7-6-19(14-23(20)37-3)16-32-9-11-33(12-10-32)18(2)36/h6-7,14-15,21,35H,4-5,8-13,16-17H2,1-3H3,(H3,27,29,30,31)/t21-/m0/s1. The molecule has 200 valence electrons. The Hall–Kier alpha value is -3.44. The van der Waals surface area contributed by atoms with Crippen molar-refractivity contribution in [3.8, 4) is 5.75 Å². The molecule has 3 heterocycles. The molecule has 0 spiro atoms. The summed E-state index contributed by atoms with van der Waals surface area (Å²) in [6, 6.07) is 6.34. The van der Waals surface area contributed by atoms with E-state index in [9.17, 15) is 9.90 Å². The Bertz CT molecular complexity index is 1200. The van der Waals surface area contributed by atoms with Gasteiger partial charge in [-0.25, -0.2) is 4.98 Å². The number of fused-ring (bicyclic) bond motifs is 1. The van der Waals surface area contributed by atoms with Gasteiger partial charge in [-0.1, -0.05) is 25.5 Å². The molecular weight excluding hydrogens is 472 g/mol. The third-order valence-corrected chi connectivity index (χ3v) is 6.86. The van der Waals surface area contributed by atoms with E-state index in [0.717, 1.165) is 68.0 Å². The van der Waals surface area contributed by atoms with E-state index < -0.39 is 0 Å². The smallest absolute Gasteiger partial charge is 0.222 e. The molecule has 1 fully saturated rings. The zero-order valence-corrected chi connectivity index (χ0v) is 22.0. The summed E-state index contributed by atoms with van der Waals surface area (Å²) in [6.07, 6.45) is 4.20. The summed E-state index contributed by atoms with van der Waals surface area (Å²) in [5, 5.41) is 17.5. The van der Waals surface area contributed by atoms with E-state index >= 15 is 0 Å². The van der Waals surface area contributed by atoms with Gasteiger partial charge in [-0.05, 0) is 24.5 Å². The Morgan fingerprint density at radius 3 is 2.65 bits per heavy atom. The normalized spacial score (nSPS) is 15.2. The van der Waals surface area contributed by atoms with Crippen LogP contribution in [0.3, 0.4) is 0 Å². The van der Waals surface area contributed by atoms with Gasteiger partial charge in [-0.3, -0.25) is 14.4 Å². The van der Waals surface area contributed by atoms with Crippen LogP contribution in [0.4, 0.5) is 11.8 Å². The molecule has 0 unspecified atom stereocenters. The Morgan fingerprint density at radius 1 is 1.19 bits per heavy atom. The van der Waals surface area contributed by atoms with Crippen LogP contribution in [0.2, 0.25) is 0 Å². The molecule has 0 aliphatic carbocycles. The number of benzene rings is 1. The van der Waals surface area contributed by atoms with Gasteiger partial charge in [0.1, 0.15) is 16.8 Å². The predicted molar refractivity (Wildman–Crippen MR) is 143 cm³/mol. The van der Waals surface area contributed by atoms with Gasteiger partial charge in [0.2, 0.25) is 11.9 Å². The lowest BCUT2D eigenvalue weighted by atomic mass is 10.1. The van der Waals surface area contributed by atoms with Gasteiger partial charge in [-0.2, -0.15) is 10.1 Å². The quantitative estimate of drug-likeness (QED) is 0.354. The van der Waals surface area contributed by atoms with E-state index in [1.54, 1.807) is 20.2 Å². The van der Waals surface area contributed by atoms with Crippen LogP contribution >= 0.6 is 0 Å². The molecule has 1 aliphatic heterocycles. The minimum atomic E-state index is 0.0713. The Balaban J connectivity index is 1.54. The number of nitrogens with two attached hydrogens (primary N) is 1. The molecular formula is C26H38N8O3. The number of hydrogen-bond donors (Lipinski definition) is 3. The van der Waals surface area contributed by atoms with Crippen LogP contribution in [0.15, 0.2) is 24.4 Å². The van der Waals surface area contributed by atoms with Crippen molar-refractivity contribution in [2.45, 2.75) is 52.2 Å². The highest BCUT2D eigenvalue weighted by atomic mass is 16.5. The molecule has 1 amide bonds. The van der Waals surface area contributed by atoms with E-state index in [-0.39, 0.29) is 24.5 Å². The van der Waals surface area contributed by atoms with Gasteiger partial charge in [0.15, 0.2) is 5.82 Å². The molecule has 3 aromatic rings. The van der Waals surface area contributed by atoms with Crippen LogP contribution in [0, 0.1) is 0 Å². The molecule has 1 atom stereocenters. The van der Waals surface area contributed by atoms with Gasteiger partial charge in [0.05, 0.1) is 19.9 Å². The first kappa shape index (κ1) is 26.6. The first-order chi connectivity index (χ1) is 17.9. The number of nitrogens with one attached hydrogen (secondary N) is 1. The molecule has 1 aromatic carbocycles. The van der Waals surface area contributed by atoms with Crippen molar-refractivity contribution in [1.82, 2.24) is 29.5 Å². The van der Waals surface area contributed by atoms with Crippen LogP contribution in [0.25, 0.3) is 11.0 Å². The average Bonchev–Trinajstić information content (AvgIpc) is 3.28. The minimum Gasteiger partial charge on any atom is -0.496 e. The van der Waals surface area contributed by atoms with Crippen molar-refractivity contribution in [3.05, 3.63) is 35.5 Å². The monoisotopic (exact) mass is 510 g/mol. The number of nitrogen functional groups attached to an aromatic ring is 1. The molecule has 0 bridgehead atoms. The lowest BCUT2D eigenvalue weighted by Crippen LogP contribution is -2.47. The molecule has 1 aliphatic rings. The van der Waals surface area contributed by atoms with E-state index in [2.05, 4.69) is 50.4 Å². The summed E-state index contributed by atoms with van der Waals surface area (Å²) in [4.78, 5) is 24.7. The summed E-state index contributed by atoms with van der Waals surface area (Å²) in [5.41, 5.74) is 9.55. The average molecular weight is 511 g/mol. The van der Waals surface area contributed by atoms with Crippen molar-refractivity contribution in [3.63, 3.8) is 0 Å². The van der Waals surface area contributed by atoms with Crippen molar-refractivity contribution in [2.75, 3.05) is 50.9 Å². The van der Waals surface area contributed by atoms with Crippen molar-refractivity contribution in [1.29, 1.82) is 0 Å². The second-order valence-corrected chi connectivity index (χ2v) is 9.54. The third kappa shape index (κ3) is 6.47. The van der Waals surface area contributed by atoms with Gasteiger partial charge in [0, 0.05) is 57.9 Å². The number of rotatable bonds is 11. The molecule has 0 radical (unpaired) electrons. The summed E-state index contributed by atoms with van der Waals surface area (Å²) in [5.74, 6) is 1.73. The highest BCUT2D eigenvalue weighted by molar-refractivity contribution is 5.86. The number of amides is 1. The number of aromatic nitrogens is 4. The van der Waals surface area contributed by atoms with Crippen LogP contribution < -0.4 is 15.8 Å². The van der Waals surface area contributed by atoms with Gasteiger partial charge < -0.3 is 25.8 Å². The molecule has 1 saturated heterocycles. The molecule has 37 heavy (non-hydrogen) atoms. The highest BCUT2D eigenvalue weighted by Crippen LogP contribution is 2.27. The number of methoxy groups -OCH3 is 1. The fourth-order valence-electron chi connectivity index (χ4n) is 4.88. The molecule has 2 aromatic heterocycles. The zero-order valence-electron chi connectivity index (χ0n) is 22.0. The van der Waals surface area contributed by atoms with Crippen LogP contribution in [-0.4, -0.2) is 86.5 Å². The van der Waals surface area contributed by atoms with Gasteiger partial charge in [-0.15, -0.1) is 0 Å². The molecule has 0 saturated carbocycles. The molecule has 11 heteroatoms. The Kier molecular flexibility index (Phi) is 8.78. The van der Waals surface area contributed by atoms with Crippen molar-refractivity contribution < 1.29 is 14.6 Å². The SMILES string of the molecule is CCC[C@@H](CCO)Nc1nc(N)nc2cnn(Cc3ccc(CN4CCN(C(C)=O)CC4)cc3OC)c12. The van der Waals surface area contributed by atoms with Crippen LogP contribution in [0.5, 0.6) is 5.75 Å². The van der Waals surface area contributed by atoms with Gasteiger partial charge in [0.25, 0.3) is 0 Å². The maximum absolute atomic E-state index is 11.6. The number of carbonyl (C=O) groups excluding carboxylic acids is 1. The first-order valence-corrected chi connectivity index (χ1v) is 12.9. The second-order valence-electron chi connectivity index (χ2n) is 9.54. The number of ether oxygens (including phenoxy) is 1. The molecule has 11 nitrogen and oxygen atoms in total. The topological polar surface area (TPSA) is 135 Å². The van der Waals surface area contributed by atoms with E-state index in [1.807, 2.05) is 9.58 Å². The third-order valence-electron chi connectivity index (χ3n) is 6.86. The van der Waals surface area contributed by atoms with E-state index in [4.69, 9.17) is 10.5 Å². The summed E-state index contributed by atoms with van der Waals surface area (Å²) >= 11 is 0. The van der Waals surface area contributed by atoms with Crippen molar-refractivity contribution in [2.24, 2.45) is 0 Å². The Labute approximate surface area is 217 Å². The predicted octanol–water partition coefficient (Wildman–Crippen LogP) is 2.09. The number of carbonyl (C=O) groups is 1. The Morgan fingerprint density at radius 2 is 1.97 bits per heavy atom. The summed E-state index contributed by atoms with van der Waals surface area (Å²) in [7, 11) is 1.68. The van der Waals surface area contributed by atoms with Gasteiger partial charge >= 0.3 is 0 Å². The number of hydrogen-bond acceptors (Lipinski definition) is 9. The largest absolute Gasteiger partial charge is 0.496 e. The summed E-state index contributed by atoms with van der Waals surface area (Å²) in [6.45, 7) is 8.35. The highest BCUT2D eigenvalue weighted by Gasteiger charge is 2.20. The molecule has 4 rings (SSSR count). The summed E-state index contributed by atoms with van der Waals surface area (Å²) < 4.78 is 7.61. The van der Waals surface area contributed by atoms with Crippen molar-refractivity contribution >= 4 is 28.7 Å². The number of aliphatic hydroxyl groups excluding tert-OH is 1. The zero-order chi connectivity index (χ0) is 26.4. The van der Waals surface area contributed by atoms with E-state index in [1.165, 1.54) is 0 Å². The lowest BCUT2D eigenvalue weighted by molar-refractivity contribution is -0.130. The fraction of sp³-hybridized carbons (Fsp3) is 0.538. The first-order valence-electron chi connectivity index (χ1n) is 12.9. The maximum atomic E-state index is 11.6. The lowest BCUT2D eigenvalue weighted by Gasteiger charge is -2.34. The van der Waals surface area contributed by atoms with E-state index in [0.29, 0.717) is 24.3 Å². The van der Waals surface area contributed by atoms with Crippen LogP contribution in [0.1, 0.15) is 44.2 Å². The van der Waals surface area contributed by atoms with Crippen LogP contribution in [-0.2, 0) is 17.9 Å². The number of nitrogens with zero attached hydrogens (tertiary/aromatic N) is 6. The second kappa shape index (κ2) is 12.2. The number of anilines is 2. The maximum Gasteiger partial charge on any atom is 0.222 e. The number of piperazine rings is 1. The fourth-order valence-corrected chi connectivity index (χ4v) is 4.88.